The molecule has 158 valence electrons. The van der Waals surface area contributed by atoms with Crippen LogP contribution < -0.4 is 10.2 Å². The second-order valence-electron chi connectivity index (χ2n) is 9.04. The fraction of sp³-hybridized carbons (Fsp3) is 0.240. The van der Waals surface area contributed by atoms with Crippen LogP contribution in [0.2, 0.25) is 0 Å². The van der Waals surface area contributed by atoms with E-state index in [1.807, 2.05) is 23.0 Å². The topological polar surface area (TPSA) is 67.0 Å². The van der Waals surface area contributed by atoms with Crippen molar-refractivity contribution in [2.45, 2.75) is 6.54 Å². The van der Waals surface area contributed by atoms with Crippen molar-refractivity contribution in [2.75, 3.05) is 36.5 Å². The Hall–Kier alpha value is -3.71. The summed E-state index contributed by atoms with van der Waals surface area (Å²) in [6, 6.07) is 15.0. The third kappa shape index (κ3) is 2.81. The van der Waals surface area contributed by atoms with Gasteiger partial charge < -0.3 is 19.4 Å². The summed E-state index contributed by atoms with van der Waals surface area (Å²) in [5, 5.41) is 3.48. The van der Waals surface area contributed by atoms with Crippen LogP contribution in [0.5, 0.6) is 0 Å². The number of rotatable bonds is 4. The van der Waals surface area contributed by atoms with Gasteiger partial charge in [0.15, 0.2) is 11.5 Å². The molecule has 4 aromatic rings. The third-order valence-electron chi connectivity index (χ3n) is 6.67. The van der Waals surface area contributed by atoms with Crippen LogP contribution >= 0.6 is 0 Å². The lowest BCUT2D eigenvalue weighted by atomic mass is 9.78. The fourth-order valence-electron chi connectivity index (χ4n) is 4.84. The van der Waals surface area contributed by atoms with Gasteiger partial charge in [0, 0.05) is 54.8 Å². The summed E-state index contributed by atoms with van der Waals surface area (Å²) in [7, 11) is 0. The predicted octanol–water partition coefficient (Wildman–Crippen LogP) is 3.91. The third-order valence-corrected chi connectivity index (χ3v) is 6.67. The quantitative estimate of drug-likeness (QED) is 0.540. The Kier molecular flexibility index (Phi) is 3.72. The molecule has 0 bridgehead atoms. The summed E-state index contributed by atoms with van der Waals surface area (Å²) in [5.41, 5.74) is 7.87. The maximum absolute atomic E-state index is 5.38. The smallest absolute Gasteiger partial charge is 0.180 e. The Bertz CT molecular complexity index is 1360. The van der Waals surface area contributed by atoms with E-state index in [0.717, 1.165) is 61.3 Å². The first kappa shape index (κ1) is 17.9. The van der Waals surface area contributed by atoms with Gasteiger partial charge in [0.25, 0.3) is 0 Å². The SMILES string of the molecule is C1=NCc2cc(-c3cn4ccnc4c(Nc4ccc(N5CC6(COC6)C5)cc4)n3)ccc21. The van der Waals surface area contributed by atoms with E-state index in [1.54, 1.807) is 6.20 Å². The van der Waals surface area contributed by atoms with Gasteiger partial charge in [0.1, 0.15) is 0 Å². The van der Waals surface area contributed by atoms with E-state index in [1.165, 1.54) is 16.8 Å². The normalized spacial score (nSPS) is 17.9. The molecule has 2 fully saturated rings. The Morgan fingerprint density at radius 3 is 2.72 bits per heavy atom. The van der Waals surface area contributed by atoms with E-state index in [0.29, 0.717) is 5.41 Å². The van der Waals surface area contributed by atoms with Gasteiger partial charge in [-0.15, -0.1) is 0 Å². The molecule has 0 unspecified atom stereocenters. The van der Waals surface area contributed by atoms with E-state index in [9.17, 15) is 0 Å². The van der Waals surface area contributed by atoms with Crippen molar-refractivity contribution in [3.05, 3.63) is 72.2 Å². The number of hydrogen-bond acceptors (Lipinski definition) is 6. The molecule has 0 saturated carbocycles. The number of anilines is 3. The van der Waals surface area contributed by atoms with Crippen LogP contribution in [0.1, 0.15) is 11.1 Å². The predicted molar refractivity (Wildman–Crippen MR) is 125 cm³/mol. The molecule has 2 aromatic carbocycles. The molecule has 1 N–H and O–H groups in total. The molecule has 3 aliphatic rings. The van der Waals surface area contributed by atoms with Crippen LogP contribution in [0.3, 0.4) is 0 Å². The maximum Gasteiger partial charge on any atom is 0.180 e. The molecule has 0 amide bonds. The Labute approximate surface area is 185 Å². The van der Waals surface area contributed by atoms with Crippen LogP contribution in [0.4, 0.5) is 17.2 Å². The van der Waals surface area contributed by atoms with Crippen molar-refractivity contribution in [2.24, 2.45) is 10.4 Å². The number of hydrogen-bond donors (Lipinski definition) is 1. The number of aliphatic imine (C=N–C) groups is 1. The highest BCUT2D eigenvalue weighted by molar-refractivity contribution is 5.86. The molecule has 5 heterocycles. The Balaban J connectivity index is 1.17. The number of imidazole rings is 1. The lowest BCUT2D eigenvalue weighted by Gasteiger charge is -2.56. The van der Waals surface area contributed by atoms with Crippen LogP contribution in [-0.4, -0.2) is 46.9 Å². The summed E-state index contributed by atoms with van der Waals surface area (Å²) in [6.07, 6.45) is 7.71. The average molecular weight is 422 g/mol. The second-order valence-corrected chi connectivity index (χ2v) is 9.04. The summed E-state index contributed by atoms with van der Waals surface area (Å²) in [5.74, 6) is 0.742. The zero-order chi connectivity index (χ0) is 21.1. The van der Waals surface area contributed by atoms with Gasteiger partial charge in [0.05, 0.1) is 30.9 Å². The van der Waals surface area contributed by atoms with Crippen molar-refractivity contribution in [3.63, 3.8) is 0 Å². The van der Waals surface area contributed by atoms with Crippen molar-refractivity contribution in [1.82, 2.24) is 14.4 Å². The van der Waals surface area contributed by atoms with E-state index in [4.69, 9.17) is 9.72 Å². The van der Waals surface area contributed by atoms with Crippen molar-refractivity contribution in [1.29, 1.82) is 0 Å². The zero-order valence-electron chi connectivity index (χ0n) is 17.5. The molecule has 0 atom stereocenters. The summed E-state index contributed by atoms with van der Waals surface area (Å²) >= 11 is 0. The molecule has 32 heavy (non-hydrogen) atoms. The summed E-state index contributed by atoms with van der Waals surface area (Å²) < 4.78 is 7.40. The number of benzene rings is 2. The fourth-order valence-corrected chi connectivity index (χ4v) is 4.84. The minimum absolute atomic E-state index is 0.414. The maximum atomic E-state index is 5.38. The average Bonchev–Trinajstić information content (AvgIpc) is 3.41. The number of fused-ring (bicyclic) bond motifs is 2. The molecular formula is C25H22N6O. The Morgan fingerprint density at radius 2 is 1.91 bits per heavy atom. The van der Waals surface area contributed by atoms with Gasteiger partial charge in [-0.05, 0) is 41.5 Å². The second kappa shape index (κ2) is 6.64. The van der Waals surface area contributed by atoms with Crippen LogP contribution in [0.25, 0.3) is 16.9 Å². The number of nitrogens with zero attached hydrogens (tertiary/aromatic N) is 5. The van der Waals surface area contributed by atoms with E-state index < -0.39 is 0 Å². The van der Waals surface area contributed by atoms with Gasteiger partial charge in [-0.3, -0.25) is 4.99 Å². The summed E-state index contributed by atoms with van der Waals surface area (Å²) in [6.45, 7) is 4.72. The molecule has 2 aromatic heterocycles. The van der Waals surface area contributed by atoms with Crippen LogP contribution in [0, 0.1) is 5.41 Å². The minimum Gasteiger partial charge on any atom is -0.380 e. The molecule has 2 saturated heterocycles. The summed E-state index contributed by atoms with van der Waals surface area (Å²) in [4.78, 5) is 16.2. The number of aromatic nitrogens is 3. The molecule has 7 heteroatoms. The molecule has 0 radical (unpaired) electrons. The molecular weight excluding hydrogens is 400 g/mol. The van der Waals surface area contributed by atoms with Gasteiger partial charge in [-0.1, -0.05) is 12.1 Å². The molecule has 1 spiro atoms. The van der Waals surface area contributed by atoms with E-state index in [-0.39, 0.29) is 0 Å². The van der Waals surface area contributed by atoms with Crippen LogP contribution in [0.15, 0.2) is 66.0 Å². The van der Waals surface area contributed by atoms with E-state index >= 15 is 0 Å². The first-order chi connectivity index (χ1) is 15.7. The van der Waals surface area contributed by atoms with Crippen molar-refractivity contribution in [3.8, 4) is 11.3 Å². The highest BCUT2D eigenvalue weighted by Gasteiger charge is 2.48. The van der Waals surface area contributed by atoms with E-state index in [2.05, 4.69) is 62.7 Å². The number of nitrogens with one attached hydrogen (secondary N) is 1. The minimum atomic E-state index is 0.414. The van der Waals surface area contributed by atoms with Gasteiger partial charge >= 0.3 is 0 Å². The van der Waals surface area contributed by atoms with Gasteiger partial charge in [-0.25, -0.2) is 9.97 Å². The standard InChI is InChI=1S/C25H22N6O/c1-2-18-10-26-11-19(18)9-17(1)22-12-30-8-7-27-24(30)23(29-22)28-20-3-5-21(6-4-20)31-13-25(14-31)15-32-16-25/h1-10,12H,11,13-16H2,(H,28,29). The molecule has 7 nitrogen and oxygen atoms in total. The number of ether oxygens (including phenoxy) is 1. The van der Waals surface area contributed by atoms with Gasteiger partial charge in [-0.2, -0.15) is 0 Å². The monoisotopic (exact) mass is 422 g/mol. The van der Waals surface area contributed by atoms with Crippen molar-refractivity contribution < 1.29 is 4.74 Å². The molecule has 0 aliphatic carbocycles. The van der Waals surface area contributed by atoms with Gasteiger partial charge in [0.2, 0.25) is 0 Å². The largest absolute Gasteiger partial charge is 0.380 e. The highest BCUT2D eigenvalue weighted by Crippen LogP contribution is 2.40. The molecule has 3 aliphatic heterocycles. The Morgan fingerprint density at radius 1 is 1.03 bits per heavy atom. The molecule has 7 rings (SSSR count). The lowest BCUT2D eigenvalue weighted by Crippen LogP contribution is -2.66. The first-order valence-corrected chi connectivity index (χ1v) is 10.9. The van der Waals surface area contributed by atoms with Crippen molar-refractivity contribution >= 4 is 29.1 Å². The zero-order valence-corrected chi connectivity index (χ0v) is 17.5. The highest BCUT2D eigenvalue weighted by atomic mass is 16.5. The van der Waals surface area contributed by atoms with Crippen LogP contribution in [-0.2, 0) is 11.3 Å². The lowest BCUT2D eigenvalue weighted by molar-refractivity contribution is -0.127. The first-order valence-electron chi connectivity index (χ1n) is 10.9.